The first-order valence-electron chi connectivity index (χ1n) is 13.7. The Hall–Kier alpha value is -4.52. The van der Waals surface area contributed by atoms with Gasteiger partial charge in [0.15, 0.2) is 16.7 Å². The van der Waals surface area contributed by atoms with E-state index in [2.05, 4.69) is 15.6 Å². The number of aromatic nitrogens is 2. The zero-order chi connectivity index (χ0) is 31.7. The van der Waals surface area contributed by atoms with Crippen molar-refractivity contribution >= 4 is 40.2 Å². The maximum Gasteiger partial charge on any atom is 0.418 e. The molecule has 13 heteroatoms. The smallest absolute Gasteiger partial charge is 0.418 e. The number of rotatable bonds is 13. The number of amides is 2. The third-order valence-electron chi connectivity index (χ3n) is 6.63. The SMILES string of the molecule is COc1ccc(CCNC(=O)CCCn2c(SCC(=O)Nc3ccccc3C(F)(F)F)nc3ccccc3c2=O)cc1OC. The van der Waals surface area contributed by atoms with Gasteiger partial charge in [0.05, 0.1) is 42.1 Å². The van der Waals surface area contributed by atoms with Crippen LogP contribution in [0.3, 0.4) is 0 Å². The van der Waals surface area contributed by atoms with E-state index in [-0.39, 0.29) is 41.0 Å². The van der Waals surface area contributed by atoms with Crippen LogP contribution in [0, 0.1) is 0 Å². The molecule has 44 heavy (non-hydrogen) atoms. The fourth-order valence-corrected chi connectivity index (χ4v) is 5.30. The van der Waals surface area contributed by atoms with Crippen LogP contribution >= 0.6 is 11.8 Å². The van der Waals surface area contributed by atoms with Crippen LogP contribution in [-0.2, 0) is 28.7 Å². The number of fused-ring (bicyclic) bond motifs is 1. The third-order valence-corrected chi connectivity index (χ3v) is 7.61. The molecule has 0 saturated carbocycles. The Kier molecular flexibility index (Phi) is 10.9. The first kappa shape index (κ1) is 32.4. The lowest BCUT2D eigenvalue weighted by atomic mass is 10.1. The number of carbonyl (C=O) groups excluding carboxylic acids is 2. The minimum atomic E-state index is -4.63. The van der Waals surface area contributed by atoms with Gasteiger partial charge in [-0.1, -0.05) is 42.1 Å². The van der Waals surface area contributed by atoms with Gasteiger partial charge in [-0.2, -0.15) is 13.2 Å². The summed E-state index contributed by atoms with van der Waals surface area (Å²) in [6.07, 6.45) is -3.59. The monoisotopic (exact) mass is 628 g/mol. The van der Waals surface area contributed by atoms with Gasteiger partial charge < -0.3 is 20.1 Å². The first-order valence-corrected chi connectivity index (χ1v) is 14.7. The van der Waals surface area contributed by atoms with E-state index in [0.717, 1.165) is 23.4 Å². The molecule has 0 aliphatic rings. The number of alkyl halides is 3. The molecule has 2 amide bonds. The van der Waals surface area contributed by atoms with Crippen LogP contribution in [0.25, 0.3) is 10.9 Å². The van der Waals surface area contributed by atoms with E-state index < -0.39 is 17.6 Å². The standard InChI is InChI=1S/C31H31F3N4O5S/c1-42-25-14-13-20(18-26(25)43-2)15-16-35-27(39)12-7-17-38-29(41)21-8-3-5-10-23(21)37-30(38)44-19-28(40)36-24-11-6-4-9-22(24)31(32,33)34/h3-6,8-11,13-14,18H,7,12,15-17,19H2,1-2H3,(H,35,39)(H,36,40). The topological polar surface area (TPSA) is 112 Å². The molecule has 0 atom stereocenters. The fourth-order valence-electron chi connectivity index (χ4n) is 4.48. The van der Waals surface area contributed by atoms with Gasteiger partial charge in [0.2, 0.25) is 11.8 Å². The summed E-state index contributed by atoms with van der Waals surface area (Å²) < 4.78 is 51.9. The highest BCUT2D eigenvalue weighted by Gasteiger charge is 2.33. The van der Waals surface area contributed by atoms with Crippen molar-refractivity contribution in [2.75, 3.05) is 31.8 Å². The predicted molar refractivity (Wildman–Crippen MR) is 162 cm³/mol. The lowest BCUT2D eigenvalue weighted by molar-refractivity contribution is -0.137. The molecule has 1 heterocycles. The Bertz CT molecular complexity index is 1690. The Morgan fingerprint density at radius 2 is 1.68 bits per heavy atom. The molecule has 0 radical (unpaired) electrons. The van der Waals surface area contributed by atoms with Crippen molar-refractivity contribution in [1.29, 1.82) is 0 Å². The molecule has 0 unspecified atom stereocenters. The second kappa shape index (κ2) is 14.8. The van der Waals surface area contributed by atoms with Crippen molar-refractivity contribution in [2.45, 2.75) is 37.1 Å². The highest BCUT2D eigenvalue weighted by atomic mass is 32.2. The molecule has 0 aliphatic carbocycles. The number of para-hydroxylation sites is 2. The van der Waals surface area contributed by atoms with E-state index in [0.29, 0.717) is 41.8 Å². The summed E-state index contributed by atoms with van der Waals surface area (Å²) in [5.74, 6) is 0.0542. The van der Waals surface area contributed by atoms with Crippen molar-refractivity contribution in [3.8, 4) is 11.5 Å². The summed E-state index contributed by atoms with van der Waals surface area (Å²) in [6, 6.07) is 17.0. The van der Waals surface area contributed by atoms with Gasteiger partial charge in [-0.05, 0) is 54.8 Å². The molecule has 0 bridgehead atoms. The maximum atomic E-state index is 13.3. The van der Waals surface area contributed by atoms with Crippen LogP contribution in [0.1, 0.15) is 24.0 Å². The molecule has 3 aromatic carbocycles. The average Bonchev–Trinajstić information content (AvgIpc) is 3.01. The number of hydrogen-bond donors (Lipinski definition) is 2. The third kappa shape index (κ3) is 8.31. The number of nitrogens with one attached hydrogen (secondary N) is 2. The Balaban J connectivity index is 1.37. The first-order chi connectivity index (χ1) is 21.1. The number of nitrogens with zero attached hydrogens (tertiary/aromatic N) is 2. The second-order valence-electron chi connectivity index (χ2n) is 9.64. The van der Waals surface area contributed by atoms with Gasteiger partial charge in [0.1, 0.15) is 0 Å². The zero-order valence-corrected chi connectivity index (χ0v) is 24.9. The molecule has 4 rings (SSSR count). The second-order valence-corrected chi connectivity index (χ2v) is 10.6. The van der Waals surface area contributed by atoms with Gasteiger partial charge >= 0.3 is 6.18 Å². The Morgan fingerprint density at radius 1 is 0.955 bits per heavy atom. The molecule has 4 aromatic rings. The van der Waals surface area contributed by atoms with Gasteiger partial charge in [-0.25, -0.2) is 4.98 Å². The number of methoxy groups -OCH3 is 2. The summed E-state index contributed by atoms with van der Waals surface area (Å²) in [6.45, 7) is 0.556. The van der Waals surface area contributed by atoms with Crippen LogP contribution in [-0.4, -0.2) is 47.9 Å². The van der Waals surface area contributed by atoms with E-state index in [1.54, 1.807) is 44.6 Å². The van der Waals surface area contributed by atoms with Crippen molar-refractivity contribution in [3.63, 3.8) is 0 Å². The highest BCUT2D eigenvalue weighted by Crippen LogP contribution is 2.34. The fraction of sp³-hybridized carbons (Fsp3) is 0.290. The number of anilines is 1. The number of hydrogen-bond acceptors (Lipinski definition) is 7. The Morgan fingerprint density at radius 3 is 2.43 bits per heavy atom. The number of ether oxygens (including phenoxy) is 2. The normalized spacial score (nSPS) is 11.3. The van der Waals surface area contributed by atoms with Crippen molar-refractivity contribution in [1.82, 2.24) is 14.9 Å². The zero-order valence-electron chi connectivity index (χ0n) is 24.1. The molecule has 232 valence electrons. The molecule has 0 fully saturated rings. The summed E-state index contributed by atoms with van der Waals surface area (Å²) >= 11 is 0.931. The van der Waals surface area contributed by atoms with Crippen molar-refractivity contribution in [2.24, 2.45) is 0 Å². The number of halogens is 3. The van der Waals surface area contributed by atoms with Crippen molar-refractivity contribution < 1.29 is 32.2 Å². The van der Waals surface area contributed by atoms with Crippen LogP contribution in [0.5, 0.6) is 11.5 Å². The Labute approximate surface area is 255 Å². The summed E-state index contributed by atoms with van der Waals surface area (Å²) in [7, 11) is 3.11. The van der Waals surface area contributed by atoms with E-state index in [9.17, 15) is 27.6 Å². The number of carbonyl (C=O) groups is 2. The number of benzene rings is 3. The van der Waals surface area contributed by atoms with Crippen LogP contribution in [0.15, 0.2) is 76.7 Å². The maximum absolute atomic E-state index is 13.3. The lowest BCUT2D eigenvalue weighted by Gasteiger charge is -2.15. The van der Waals surface area contributed by atoms with Gasteiger partial charge in [0, 0.05) is 19.5 Å². The predicted octanol–water partition coefficient (Wildman–Crippen LogP) is 5.30. The highest BCUT2D eigenvalue weighted by molar-refractivity contribution is 7.99. The molecule has 2 N–H and O–H groups in total. The molecule has 0 spiro atoms. The van der Waals surface area contributed by atoms with Gasteiger partial charge in [-0.3, -0.25) is 19.0 Å². The molecular weight excluding hydrogens is 597 g/mol. The quantitative estimate of drug-likeness (QED) is 0.153. The number of thioether (sulfide) groups is 1. The molecular formula is C31H31F3N4O5S. The van der Waals surface area contributed by atoms with Crippen LogP contribution in [0.2, 0.25) is 0 Å². The van der Waals surface area contributed by atoms with E-state index in [1.807, 2.05) is 12.1 Å². The lowest BCUT2D eigenvalue weighted by Crippen LogP contribution is -2.27. The summed E-state index contributed by atoms with van der Waals surface area (Å²) in [5.41, 5.74) is -0.265. The molecule has 0 saturated heterocycles. The molecule has 0 aliphatic heterocycles. The van der Waals surface area contributed by atoms with Crippen molar-refractivity contribution in [3.05, 3.63) is 88.2 Å². The summed E-state index contributed by atoms with van der Waals surface area (Å²) in [4.78, 5) is 43.0. The minimum Gasteiger partial charge on any atom is -0.493 e. The molecule has 9 nitrogen and oxygen atoms in total. The van der Waals surface area contributed by atoms with Crippen LogP contribution < -0.4 is 25.7 Å². The van der Waals surface area contributed by atoms with Crippen LogP contribution in [0.4, 0.5) is 18.9 Å². The van der Waals surface area contributed by atoms with Gasteiger partial charge in [0.25, 0.3) is 5.56 Å². The van der Waals surface area contributed by atoms with E-state index in [4.69, 9.17) is 9.47 Å². The average molecular weight is 629 g/mol. The van der Waals surface area contributed by atoms with E-state index in [1.165, 1.54) is 22.8 Å². The van der Waals surface area contributed by atoms with E-state index >= 15 is 0 Å². The minimum absolute atomic E-state index is 0.143. The molecule has 1 aromatic heterocycles. The summed E-state index contributed by atoms with van der Waals surface area (Å²) in [5, 5.41) is 5.77. The largest absolute Gasteiger partial charge is 0.493 e. The van der Waals surface area contributed by atoms with Gasteiger partial charge in [-0.15, -0.1) is 0 Å².